The Morgan fingerprint density at radius 3 is 2.50 bits per heavy atom. The third-order valence-corrected chi connectivity index (χ3v) is 1.18. The Bertz CT molecular complexity index is 101. The first-order chi connectivity index (χ1) is 3.79. The summed E-state index contributed by atoms with van der Waals surface area (Å²) in [6.07, 6.45) is 1.61. The van der Waals surface area contributed by atoms with Gasteiger partial charge in [-0.3, -0.25) is 0 Å². The summed E-state index contributed by atoms with van der Waals surface area (Å²) < 4.78 is 0. The highest BCUT2D eigenvalue weighted by atomic mass is 16.3. The zero-order chi connectivity index (χ0) is 5.98. The summed E-state index contributed by atoms with van der Waals surface area (Å²) in [5, 5.41) is 11.9. The van der Waals surface area contributed by atoms with Crippen molar-refractivity contribution < 1.29 is 5.11 Å². The van der Waals surface area contributed by atoms with Crippen molar-refractivity contribution in [2.24, 2.45) is 0 Å². The van der Waals surface area contributed by atoms with Crippen LogP contribution < -0.4 is 5.32 Å². The van der Waals surface area contributed by atoms with Crippen LogP contribution in [0.5, 0.6) is 0 Å². The lowest BCUT2D eigenvalue weighted by Gasteiger charge is -2.18. The van der Waals surface area contributed by atoms with Gasteiger partial charge < -0.3 is 10.4 Å². The van der Waals surface area contributed by atoms with Gasteiger partial charge in [0.2, 0.25) is 0 Å². The molecule has 2 N–H and O–H groups in total. The lowest BCUT2D eigenvalue weighted by atomic mass is 10.1. The minimum absolute atomic E-state index is 0.271. The molecular formula is C6H11NO. The number of rotatable bonds is 1. The van der Waals surface area contributed by atoms with Crippen LogP contribution in [0.4, 0.5) is 0 Å². The van der Waals surface area contributed by atoms with Crippen LogP contribution in [0.25, 0.3) is 0 Å². The highest BCUT2D eigenvalue weighted by Gasteiger charge is 2.06. The zero-order valence-electron chi connectivity index (χ0n) is 5.02. The highest BCUT2D eigenvalue weighted by Crippen LogP contribution is 2.01. The second-order valence-corrected chi connectivity index (χ2v) is 2.17. The van der Waals surface area contributed by atoms with Crippen molar-refractivity contribution in [1.82, 2.24) is 5.32 Å². The summed E-state index contributed by atoms with van der Waals surface area (Å²) >= 11 is 0. The van der Waals surface area contributed by atoms with Crippen LogP contribution >= 0.6 is 0 Å². The summed E-state index contributed by atoms with van der Waals surface area (Å²) in [4.78, 5) is 0. The van der Waals surface area contributed by atoms with Gasteiger partial charge in [-0.25, -0.2) is 0 Å². The normalized spacial score (nSPS) is 22.0. The van der Waals surface area contributed by atoms with E-state index in [1.807, 2.05) is 6.08 Å². The molecule has 0 aromatic carbocycles. The fourth-order valence-electron chi connectivity index (χ4n) is 0.728. The summed E-state index contributed by atoms with van der Waals surface area (Å²) in [7, 11) is 0. The first-order valence-corrected chi connectivity index (χ1v) is 2.87. The Morgan fingerprint density at radius 2 is 2.38 bits per heavy atom. The van der Waals surface area contributed by atoms with Crippen molar-refractivity contribution in [3.05, 3.63) is 11.6 Å². The zero-order valence-corrected chi connectivity index (χ0v) is 5.02. The molecule has 0 aromatic rings. The van der Waals surface area contributed by atoms with E-state index in [-0.39, 0.29) is 6.10 Å². The molecular weight excluding hydrogens is 102 g/mol. The quantitative estimate of drug-likeness (QED) is 0.465. The number of hydrogen-bond acceptors (Lipinski definition) is 2. The van der Waals surface area contributed by atoms with E-state index in [4.69, 9.17) is 5.11 Å². The monoisotopic (exact) mass is 113 g/mol. The second-order valence-electron chi connectivity index (χ2n) is 2.17. The summed E-state index contributed by atoms with van der Waals surface area (Å²) in [6.45, 7) is 3.70. The van der Waals surface area contributed by atoms with E-state index >= 15 is 0 Å². The van der Waals surface area contributed by atoms with Crippen molar-refractivity contribution >= 4 is 0 Å². The van der Waals surface area contributed by atoms with Gasteiger partial charge >= 0.3 is 0 Å². The van der Waals surface area contributed by atoms with Crippen molar-refractivity contribution in [3.8, 4) is 0 Å². The maximum Gasteiger partial charge on any atom is 0.0696 e. The van der Waals surface area contributed by atoms with Crippen LogP contribution in [0, 0.1) is 0 Å². The molecule has 1 aliphatic heterocycles. The van der Waals surface area contributed by atoms with Crippen LogP contribution in [-0.4, -0.2) is 24.3 Å². The Hall–Kier alpha value is -0.340. The van der Waals surface area contributed by atoms with Crippen molar-refractivity contribution in [1.29, 1.82) is 0 Å². The molecule has 0 spiro atoms. The average Bonchev–Trinajstić information content (AvgIpc) is 1.55. The Kier molecular flexibility index (Phi) is 1.65. The van der Waals surface area contributed by atoms with E-state index in [0.717, 1.165) is 13.1 Å². The van der Waals surface area contributed by atoms with E-state index in [9.17, 15) is 0 Å². The van der Waals surface area contributed by atoms with E-state index < -0.39 is 0 Å². The predicted octanol–water partition coefficient (Wildman–Crippen LogP) is -0.103. The molecule has 0 radical (unpaired) electrons. The maximum atomic E-state index is 8.78. The van der Waals surface area contributed by atoms with E-state index in [1.165, 1.54) is 5.57 Å². The standard InChI is InChI=1S/C6H11NO/c1-5(8)2-6-3-7-4-6/h2,5,7-8H,3-4H2,1H3. The van der Waals surface area contributed by atoms with Crippen molar-refractivity contribution in [2.75, 3.05) is 13.1 Å². The minimum Gasteiger partial charge on any atom is -0.389 e. The lowest BCUT2D eigenvalue weighted by molar-refractivity contribution is 0.242. The summed E-state index contributed by atoms with van der Waals surface area (Å²) in [5.41, 5.74) is 1.32. The van der Waals surface area contributed by atoms with Gasteiger partial charge in [-0.05, 0) is 12.5 Å². The molecule has 2 heteroatoms. The molecule has 46 valence electrons. The molecule has 1 unspecified atom stereocenters. The third kappa shape index (κ3) is 1.32. The number of nitrogens with one attached hydrogen (secondary N) is 1. The first kappa shape index (κ1) is 5.79. The summed E-state index contributed by atoms with van der Waals surface area (Å²) in [6, 6.07) is 0. The van der Waals surface area contributed by atoms with Crippen LogP contribution in [0.3, 0.4) is 0 Å². The van der Waals surface area contributed by atoms with Crippen molar-refractivity contribution in [3.63, 3.8) is 0 Å². The molecule has 1 atom stereocenters. The largest absolute Gasteiger partial charge is 0.389 e. The fourth-order valence-corrected chi connectivity index (χ4v) is 0.728. The topological polar surface area (TPSA) is 32.3 Å². The molecule has 8 heavy (non-hydrogen) atoms. The maximum absolute atomic E-state index is 8.78. The molecule has 0 saturated carbocycles. The van der Waals surface area contributed by atoms with Gasteiger partial charge in [0.05, 0.1) is 6.10 Å². The lowest BCUT2D eigenvalue weighted by Crippen LogP contribution is -2.34. The van der Waals surface area contributed by atoms with Gasteiger partial charge in [-0.15, -0.1) is 0 Å². The highest BCUT2D eigenvalue weighted by molar-refractivity contribution is 5.15. The minimum atomic E-state index is -0.271. The Balaban J connectivity index is 2.30. The molecule has 0 aromatic heterocycles. The molecule has 1 rings (SSSR count). The fraction of sp³-hybridized carbons (Fsp3) is 0.667. The molecule has 0 bridgehead atoms. The van der Waals surface area contributed by atoms with E-state index in [0.29, 0.717) is 0 Å². The van der Waals surface area contributed by atoms with Crippen LogP contribution in [0.2, 0.25) is 0 Å². The molecule has 1 fully saturated rings. The molecule has 1 saturated heterocycles. The summed E-state index contributed by atoms with van der Waals surface area (Å²) in [5.74, 6) is 0. The number of aliphatic hydroxyl groups excluding tert-OH is 1. The molecule has 2 nitrogen and oxygen atoms in total. The second kappa shape index (κ2) is 2.29. The molecule has 1 heterocycles. The average molecular weight is 113 g/mol. The third-order valence-electron chi connectivity index (χ3n) is 1.18. The molecule has 0 aliphatic carbocycles. The van der Waals surface area contributed by atoms with Gasteiger partial charge in [-0.2, -0.15) is 0 Å². The van der Waals surface area contributed by atoms with Gasteiger partial charge in [0.25, 0.3) is 0 Å². The smallest absolute Gasteiger partial charge is 0.0696 e. The van der Waals surface area contributed by atoms with Gasteiger partial charge in [0.15, 0.2) is 0 Å². The van der Waals surface area contributed by atoms with Crippen LogP contribution in [0.1, 0.15) is 6.92 Å². The van der Waals surface area contributed by atoms with Crippen LogP contribution in [-0.2, 0) is 0 Å². The van der Waals surface area contributed by atoms with Gasteiger partial charge in [-0.1, -0.05) is 6.08 Å². The van der Waals surface area contributed by atoms with Crippen molar-refractivity contribution in [2.45, 2.75) is 13.0 Å². The predicted molar refractivity (Wildman–Crippen MR) is 32.6 cm³/mol. The number of aliphatic hydroxyl groups is 1. The SMILES string of the molecule is CC(O)C=C1CNC1. The Labute approximate surface area is 49.2 Å². The molecule has 0 amide bonds. The first-order valence-electron chi connectivity index (χ1n) is 2.87. The number of hydrogen-bond donors (Lipinski definition) is 2. The van der Waals surface area contributed by atoms with E-state index in [1.54, 1.807) is 6.92 Å². The molecule has 1 aliphatic rings. The van der Waals surface area contributed by atoms with Crippen LogP contribution in [0.15, 0.2) is 11.6 Å². The van der Waals surface area contributed by atoms with E-state index in [2.05, 4.69) is 5.32 Å². The Morgan fingerprint density at radius 1 is 1.75 bits per heavy atom. The van der Waals surface area contributed by atoms with Gasteiger partial charge in [0, 0.05) is 13.1 Å². The van der Waals surface area contributed by atoms with Gasteiger partial charge in [0.1, 0.15) is 0 Å².